The fourth-order valence-corrected chi connectivity index (χ4v) is 2.54. The predicted octanol–water partition coefficient (Wildman–Crippen LogP) is 4.08. The Morgan fingerprint density at radius 2 is 1.83 bits per heavy atom. The molecule has 0 aliphatic heterocycles. The van der Waals surface area contributed by atoms with E-state index < -0.39 is 6.09 Å². The van der Waals surface area contributed by atoms with Gasteiger partial charge >= 0.3 is 6.09 Å². The van der Waals surface area contributed by atoms with Gasteiger partial charge in [-0.05, 0) is 45.8 Å². The Bertz CT molecular complexity index is 814. The van der Waals surface area contributed by atoms with Crippen molar-refractivity contribution in [2.24, 2.45) is 0 Å². The number of ether oxygens (including phenoxy) is 1. The van der Waals surface area contributed by atoms with E-state index in [0.29, 0.717) is 16.1 Å². The SMILES string of the molecule is Nc1ccc(-c2ncc(Br)n2C(=O)OCc2ccccc2)cc1. The van der Waals surface area contributed by atoms with Crippen LogP contribution < -0.4 is 5.73 Å². The van der Waals surface area contributed by atoms with Crippen molar-refractivity contribution < 1.29 is 9.53 Å². The molecule has 0 atom stereocenters. The highest BCUT2D eigenvalue weighted by Gasteiger charge is 2.18. The Morgan fingerprint density at radius 1 is 1.13 bits per heavy atom. The summed E-state index contributed by atoms with van der Waals surface area (Å²) >= 11 is 3.33. The normalized spacial score (nSPS) is 10.5. The van der Waals surface area contributed by atoms with Gasteiger partial charge < -0.3 is 10.5 Å². The molecule has 0 aliphatic rings. The van der Waals surface area contributed by atoms with Crippen molar-refractivity contribution in [1.29, 1.82) is 0 Å². The number of nitrogens with zero attached hydrogens (tertiary/aromatic N) is 2. The van der Waals surface area contributed by atoms with E-state index in [1.54, 1.807) is 18.3 Å². The van der Waals surface area contributed by atoms with Gasteiger partial charge in [-0.1, -0.05) is 30.3 Å². The first-order valence-corrected chi connectivity index (χ1v) is 7.74. The summed E-state index contributed by atoms with van der Waals surface area (Å²) in [6.07, 6.45) is 1.07. The van der Waals surface area contributed by atoms with Gasteiger partial charge in [-0.3, -0.25) is 0 Å². The Balaban J connectivity index is 1.83. The van der Waals surface area contributed by atoms with E-state index in [1.165, 1.54) is 4.57 Å². The third-order valence-electron chi connectivity index (χ3n) is 3.28. The van der Waals surface area contributed by atoms with Crippen molar-refractivity contribution in [3.8, 4) is 11.4 Å². The zero-order valence-corrected chi connectivity index (χ0v) is 13.7. The molecular formula is C17H14BrN3O2. The van der Waals surface area contributed by atoms with Crippen LogP contribution in [0.4, 0.5) is 10.5 Å². The second kappa shape index (κ2) is 6.66. The number of rotatable bonds is 3. The number of nitrogen functional groups attached to an aromatic ring is 1. The number of hydrogen-bond acceptors (Lipinski definition) is 4. The van der Waals surface area contributed by atoms with Gasteiger partial charge in [-0.2, -0.15) is 0 Å². The number of aromatic nitrogens is 2. The Kier molecular flexibility index (Phi) is 4.43. The Morgan fingerprint density at radius 3 is 2.52 bits per heavy atom. The Labute approximate surface area is 141 Å². The van der Waals surface area contributed by atoms with Crippen molar-refractivity contribution in [3.63, 3.8) is 0 Å². The predicted molar refractivity (Wildman–Crippen MR) is 91.8 cm³/mol. The quantitative estimate of drug-likeness (QED) is 0.704. The fourth-order valence-electron chi connectivity index (χ4n) is 2.12. The molecular weight excluding hydrogens is 358 g/mol. The molecule has 116 valence electrons. The van der Waals surface area contributed by atoms with Crippen molar-refractivity contribution in [2.75, 3.05) is 5.73 Å². The second-order valence-electron chi connectivity index (χ2n) is 4.90. The van der Waals surface area contributed by atoms with Crippen LogP contribution in [0, 0.1) is 0 Å². The van der Waals surface area contributed by atoms with E-state index in [0.717, 1.165) is 11.1 Å². The molecule has 1 aromatic heterocycles. The first kappa shape index (κ1) is 15.3. The lowest BCUT2D eigenvalue weighted by Crippen LogP contribution is -2.15. The van der Waals surface area contributed by atoms with E-state index in [4.69, 9.17) is 10.5 Å². The standard InChI is InChI=1S/C17H14BrN3O2/c18-15-10-20-16(13-6-8-14(19)9-7-13)21(15)17(22)23-11-12-4-2-1-3-5-12/h1-10H,11,19H2. The average Bonchev–Trinajstić information content (AvgIpc) is 2.96. The van der Waals surface area contributed by atoms with Crippen LogP contribution in [0.3, 0.4) is 0 Å². The number of anilines is 1. The van der Waals surface area contributed by atoms with Crippen molar-refractivity contribution in [3.05, 3.63) is 71.0 Å². The van der Waals surface area contributed by atoms with Crippen LogP contribution in [0.2, 0.25) is 0 Å². The smallest absolute Gasteiger partial charge is 0.421 e. The summed E-state index contributed by atoms with van der Waals surface area (Å²) < 4.78 is 7.28. The number of carbonyl (C=O) groups excluding carboxylic acids is 1. The third-order valence-corrected chi connectivity index (χ3v) is 3.83. The van der Waals surface area contributed by atoms with Gasteiger partial charge in [-0.15, -0.1) is 0 Å². The van der Waals surface area contributed by atoms with E-state index in [2.05, 4.69) is 20.9 Å². The molecule has 3 aromatic rings. The molecule has 0 fully saturated rings. The molecule has 0 radical (unpaired) electrons. The molecule has 0 amide bonds. The summed E-state index contributed by atoms with van der Waals surface area (Å²) in [5.74, 6) is 0.495. The lowest BCUT2D eigenvalue weighted by Gasteiger charge is -2.09. The summed E-state index contributed by atoms with van der Waals surface area (Å²) in [6.45, 7) is 0.200. The maximum atomic E-state index is 12.4. The largest absolute Gasteiger partial charge is 0.444 e. The number of halogens is 1. The third kappa shape index (κ3) is 3.43. The topological polar surface area (TPSA) is 70.1 Å². The van der Waals surface area contributed by atoms with E-state index >= 15 is 0 Å². The minimum absolute atomic E-state index is 0.200. The fraction of sp³-hybridized carbons (Fsp3) is 0.0588. The number of benzene rings is 2. The summed E-state index contributed by atoms with van der Waals surface area (Å²) in [7, 11) is 0. The van der Waals surface area contributed by atoms with Crippen LogP contribution in [-0.2, 0) is 11.3 Å². The maximum Gasteiger partial charge on any atom is 0.421 e. The zero-order chi connectivity index (χ0) is 16.2. The van der Waals surface area contributed by atoms with Gasteiger partial charge in [0, 0.05) is 11.3 Å². The molecule has 1 heterocycles. The molecule has 23 heavy (non-hydrogen) atoms. The van der Waals surface area contributed by atoms with Crippen molar-refractivity contribution in [1.82, 2.24) is 9.55 Å². The summed E-state index contributed by atoms with van der Waals surface area (Å²) in [6, 6.07) is 16.7. The van der Waals surface area contributed by atoms with Crippen LogP contribution >= 0.6 is 15.9 Å². The molecule has 5 nitrogen and oxygen atoms in total. The molecule has 6 heteroatoms. The van der Waals surface area contributed by atoms with Crippen LogP contribution in [0.5, 0.6) is 0 Å². The number of imidazole rings is 1. The summed E-state index contributed by atoms with van der Waals surface area (Å²) in [5, 5.41) is 0. The molecule has 0 spiro atoms. The lowest BCUT2D eigenvalue weighted by atomic mass is 10.2. The van der Waals surface area contributed by atoms with Gasteiger partial charge in [-0.25, -0.2) is 14.3 Å². The molecule has 2 N–H and O–H groups in total. The monoisotopic (exact) mass is 371 g/mol. The molecule has 0 saturated heterocycles. The van der Waals surface area contributed by atoms with Crippen LogP contribution in [0.15, 0.2) is 65.4 Å². The van der Waals surface area contributed by atoms with Crippen molar-refractivity contribution >= 4 is 27.7 Å². The van der Waals surface area contributed by atoms with Gasteiger partial charge in [0.1, 0.15) is 11.2 Å². The zero-order valence-electron chi connectivity index (χ0n) is 12.1. The molecule has 2 aromatic carbocycles. The minimum Gasteiger partial charge on any atom is -0.444 e. The van der Waals surface area contributed by atoms with Crippen LogP contribution in [0.25, 0.3) is 11.4 Å². The average molecular weight is 372 g/mol. The van der Waals surface area contributed by atoms with Crippen LogP contribution in [-0.4, -0.2) is 15.6 Å². The maximum absolute atomic E-state index is 12.4. The number of carbonyl (C=O) groups is 1. The Hall–Kier alpha value is -2.60. The highest BCUT2D eigenvalue weighted by Crippen LogP contribution is 2.24. The van der Waals surface area contributed by atoms with Crippen LogP contribution in [0.1, 0.15) is 5.56 Å². The molecule has 0 bridgehead atoms. The lowest BCUT2D eigenvalue weighted by molar-refractivity contribution is 0.141. The summed E-state index contributed by atoms with van der Waals surface area (Å²) in [4.78, 5) is 16.7. The van der Waals surface area contributed by atoms with Crippen molar-refractivity contribution in [2.45, 2.75) is 6.61 Å². The van der Waals surface area contributed by atoms with Gasteiger partial charge in [0.2, 0.25) is 0 Å². The molecule has 0 saturated carbocycles. The highest BCUT2D eigenvalue weighted by molar-refractivity contribution is 9.10. The molecule has 3 rings (SSSR count). The number of hydrogen-bond donors (Lipinski definition) is 1. The van der Waals surface area contributed by atoms with Gasteiger partial charge in [0.25, 0.3) is 0 Å². The second-order valence-corrected chi connectivity index (χ2v) is 5.71. The molecule has 0 unspecified atom stereocenters. The van der Waals surface area contributed by atoms with E-state index in [-0.39, 0.29) is 6.61 Å². The van der Waals surface area contributed by atoms with E-state index in [9.17, 15) is 4.79 Å². The van der Waals surface area contributed by atoms with Gasteiger partial charge in [0.15, 0.2) is 5.82 Å². The first-order valence-electron chi connectivity index (χ1n) is 6.95. The minimum atomic E-state index is -0.495. The first-order chi connectivity index (χ1) is 11.1. The number of nitrogens with two attached hydrogens (primary N) is 1. The van der Waals surface area contributed by atoms with Gasteiger partial charge in [0.05, 0.1) is 6.20 Å². The molecule has 0 aliphatic carbocycles. The highest BCUT2D eigenvalue weighted by atomic mass is 79.9. The summed E-state index contributed by atoms with van der Waals surface area (Å²) in [5.41, 5.74) is 8.04. The van der Waals surface area contributed by atoms with E-state index in [1.807, 2.05) is 42.5 Å².